The van der Waals surface area contributed by atoms with Crippen molar-refractivity contribution < 1.29 is 9.47 Å². The van der Waals surface area contributed by atoms with Crippen LogP contribution in [0.25, 0.3) is 0 Å². The summed E-state index contributed by atoms with van der Waals surface area (Å²) in [7, 11) is 0. The van der Waals surface area contributed by atoms with Crippen molar-refractivity contribution in [3.63, 3.8) is 0 Å². The van der Waals surface area contributed by atoms with Gasteiger partial charge in [0.25, 0.3) is 0 Å². The summed E-state index contributed by atoms with van der Waals surface area (Å²) in [6, 6.07) is 23.0. The number of ether oxygens (including phenoxy) is 2. The lowest BCUT2D eigenvalue weighted by Gasteiger charge is -2.32. The van der Waals surface area contributed by atoms with Crippen LogP contribution in [0.15, 0.2) is 101 Å². The fraction of sp³-hybridized carbons (Fsp3) is 0.154. The fourth-order valence-electron chi connectivity index (χ4n) is 3.43. The van der Waals surface area contributed by atoms with Crippen LogP contribution in [0.1, 0.15) is 23.6 Å². The Kier molecular flexibility index (Phi) is 7.57. The minimum atomic E-state index is -0.375. The van der Waals surface area contributed by atoms with Gasteiger partial charge in [-0.15, -0.1) is 0 Å². The van der Waals surface area contributed by atoms with Crippen molar-refractivity contribution in [3.8, 4) is 11.5 Å². The molecule has 0 spiro atoms. The summed E-state index contributed by atoms with van der Waals surface area (Å²) >= 11 is 7.34. The molecular weight excluding hydrogens is 504 g/mol. The second-order valence-electron chi connectivity index (χ2n) is 6.98. The van der Waals surface area contributed by atoms with E-state index in [2.05, 4.69) is 100 Å². The van der Waals surface area contributed by atoms with Crippen LogP contribution < -0.4 is 9.47 Å². The van der Waals surface area contributed by atoms with Gasteiger partial charge in [-0.05, 0) is 79.7 Å². The largest absolute Gasteiger partial charge is 0.488 e. The maximum Gasteiger partial charge on any atom is 0.133 e. The molecule has 3 aromatic rings. The first-order chi connectivity index (χ1) is 14.5. The zero-order valence-electron chi connectivity index (χ0n) is 16.9. The fourth-order valence-corrected chi connectivity index (χ4v) is 4.41. The molecule has 0 aliphatic heterocycles. The van der Waals surface area contributed by atoms with Crippen LogP contribution in [-0.2, 0) is 5.41 Å². The average molecular weight is 528 g/mol. The molecular formula is C26H24Br2O2. The molecule has 4 heteroatoms. The maximum atomic E-state index is 5.74. The molecule has 0 aromatic heterocycles. The molecule has 2 nitrogen and oxygen atoms in total. The first-order valence-corrected chi connectivity index (χ1v) is 11.2. The first kappa shape index (κ1) is 22.4. The normalized spacial score (nSPS) is 11.0. The van der Waals surface area contributed by atoms with E-state index < -0.39 is 0 Å². The van der Waals surface area contributed by atoms with E-state index >= 15 is 0 Å². The second kappa shape index (κ2) is 10.1. The van der Waals surface area contributed by atoms with E-state index in [0.717, 1.165) is 31.6 Å². The van der Waals surface area contributed by atoms with Crippen molar-refractivity contribution in [1.29, 1.82) is 0 Å². The molecule has 0 heterocycles. The van der Waals surface area contributed by atoms with Gasteiger partial charge in [0.1, 0.15) is 24.7 Å². The van der Waals surface area contributed by atoms with Crippen molar-refractivity contribution in [2.75, 3.05) is 13.2 Å². The van der Waals surface area contributed by atoms with Gasteiger partial charge in [0.15, 0.2) is 0 Å². The van der Waals surface area contributed by atoms with Gasteiger partial charge in [0, 0.05) is 5.41 Å². The highest BCUT2D eigenvalue weighted by atomic mass is 79.9. The van der Waals surface area contributed by atoms with Gasteiger partial charge in [-0.1, -0.05) is 67.8 Å². The molecule has 0 fully saturated rings. The van der Waals surface area contributed by atoms with Crippen LogP contribution >= 0.6 is 31.9 Å². The lowest BCUT2D eigenvalue weighted by Crippen LogP contribution is -2.25. The Bertz CT molecular complexity index is 967. The molecule has 154 valence electrons. The minimum Gasteiger partial charge on any atom is -0.488 e. The van der Waals surface area contributed by atoms with E-state index in [4.69, 9.17) is 9.47 Å². The summed E-state index contributed by atoms with van der Waals surface area (Å²) < 4.78 is 13.3. The van der Waals surface area contributed by atoms with Gasteiger partial charge < -0.3 is 9.47 Å². The van der Waals surface area contributed by atoms with Crippen molar-refractivity contribution >= 4 is 31.9 Å². The van der Waals surface area contributed by atoms with E-state index in [-0.39, 0.29) is 5.41 Å². The average Bonchev–Trinajstić information content (AvgIpc) is 2.77. The highest BCUT2D eigenvalue weighted by Gasteiger charge is 2.32. The minimum absolute atomic E-state index is 0.375. The smallest absolute Gasteiger partial charge is 0.133 e. The third-order valence-electron chi connectivity index (χ3n) is 5.08. The topological polar surface area (TPSA) is 18.5 Å². The molecule has 30 heavy (non-hydrogen) atoms. The SMILES string of the molecule is C=CCOc1ccc(C(C)(c2ccccc2)c2ccc(OCC=C)c(Br)c2)cc1Br. The first-order valence-electron chi connectivity index (χ1n) is 9.63. The van der Waals surface area contributed by atoms with Gasteiger partial charge in [-0.2, -0.15) is 0 Å². The molecule has 0 saturated carbocycles. The van der Waals surface area contributed by atoms with Crippen molar-refractivity contribution in [1.82, 2.24) is 0 Å². The summed E-state index contributed by atoms with van der Waals surface area (Å²) in [6.07, 6.45) is 3.48. The molecule has 0 amide bonds. The predicted molar refractivity (Wildman–Crippen MR) is 132 cm³/mol. The van der Waals surface area contributed by atoms with E-state index in [1.807, 2.05) is 18.2 Å². The lowest BCUT2D eigenvalue weighted by atomic mass is 9.71. The Morgan fingerprint density at radius 2 is 1.20 bits per heavy atom. The summed E-state index contributed by atoms with van der Waals surface area (Å²) in [5.41, 5.74) is 3.12. The predicted octanol–water partition coefficient (Wildman–Crippen LogP) is 7.70. The van der Waals surface area contributed by atoms with E-state index in [1.165, 1.54) is 5.56 Å². The zero-order valence-corrected chi connectivity index (χ0v) is 20.1. The van der Waals surface area contributed by atoms with Crippen molar-refractivity contribution in [2.24, 2.45) is 0 Å². The van der Waals surface area contributed by atoms with Crippen molar-refractivity contribution in [3.05, 3.63) is 118 Å². The molecule has 0 radical (unpaired) electrons. The van der Waals surface area contributed by atoms with E-state index in [0.29, 0.717) is 13.2 Å². The molecule has 0 N–H and O–H groups in total. The Balaban J connectivity index is 2.12. The van der Waals surface area contributed by atoms with Crippen molar-refractivity contribution in [2.45, 2.75) is 12.3 Å². The lowest BCUT2D eigenvalue weighted by molar-refractivity contribution is 0.360. The molecule has 0 aliphatic rings. The van der Waals surface area contributed by atoms with Gasteiger partial charge in [0.05, 0.1) is 8.95 Å². The monoisotopic (exact) mass is 526 g/mol. The summed E-state index contributed by atoms with van der Waals surface area (Å²) in [5.74, 6) is 1.59. The number of benzene rings is 3. The van der Waals surface area contributed by atoms with Gasteiger partial charge >= 0.3 is 0 Å². The Labute approximate surface area is 195 Å². The standard InChI is InChI=1S/C26H24Br2O2/c1-4-15-29-24-13-11-20(17-22(24)27)26(3,19-9-7-6-8-10-19)21-12-14-25(23(28)18-21)30-16-5-2/h4-14,17-18H,1-2,15-16H2,3H3. The summed E-state index contributed by atoms with van der Waals surface area (Å²) in [6.45, 7) is 10.6. The molecule has 0 unspecified atom stereocenters. The van der Waals surface area contributed by atoms with Crippen LogP contribution in [0.4, 0.5) is 0 Å². The quantitative estimate of drug-likeness (QED) is 0.209. The molecule has 3 rings (SSSR count). The van der Waals surface area contributed by atoms with E-state index in [9.17, 15) is 0 Å². The van der Waals surface area contributed by atoms with Crippen LogP contribution in [0.3, 0.4) is 0 Å². The van der Waals surface area contributed by atoms with Crippen LogP contribution in [0.5, 0.6) is 11.5 Å². The highest BCUT2D eigenvalue weighted by Crippen LogP contribution is 2.43. The third kappa shape index (κ3) is 4.71. The van der Waals surface area contributed by atoms with Crippen LogP contribution in [0.2, 0.25) is 0 Å². The Morgan fingerprint density at radius 3 is 1.60 bits per heavy atom. The molecule has 3 aromatic carbocycles. The number of rotatable bonds is 9. The highest BCUT2D eigenvalue weighted by molar-refractivity contribution is 9.10. The van der Waals surface area contributed by atoms with Crippen LogP contribution in [-0.4, -0.2) is 13.2 Å². The van der Waals surface area contributed by atoms with E-state index in [1.54, 1.807) is 12.2 Å². The second-order valence-corrected chi connectivity index (χ2v) is 8.69. The number of hydrogen-bond acceptors (Lipinski definition) is 2. The van der Waals surface area contributed by atoms with Crippen LogP contribution in [0, 0.1) is 0 Å². The molecule has 0 aliphatic carbocycles. The Hall–Kier alpha value is -2.30. The molecule has 0 bridgehead atoms. The Morgan fingerprint density at radius 1 is 0.733 bits per heavy atom. The number of hydrogen-bond donors (Lipinski definition) is 0. The summed E-state index contributed by atoms with van der Waals surface area (Å²) in [4.78, 5) is 0. The van der Waals surface area contributed by atoms with Gasteiger partial charge in [-0.25, -0.2) is 0 Å². The molecule has 0 atom stereocenters. The third-order valence-corrected chi connectivity index (χ3v) is 6.32. The van der Waals surface area contributed by atoms with Gasteiger partial charge in [-0.3, -0.25) is 0 Å². The zero-order chi connectivity index (χ0) is 21.6. The van der Waals surface area contributed by atoms with Gasteiger partial charge in [0.2, 0.25) is 0 Å². The maximum absolute atomic E-state index is 5.74. The number of halogens is 2. The molecule has 0 saturated heterocycles. The summed E-state index contributed by atoms with van der Waals surface area (Å²) in [5, 5.41) is 0.